The maximum Gasteiger partial charge on any atom is 0.411 e. The first-order valence-electron chi connectivity index (χ1n) is 6.52. The molecule has 1 saturated heterocycles. The second-order valence-corrected chi connectivity index (χ2v) is 6.26. The number of amides is 2. The highest BCUT2D eigenvalue weighted by Gasteiger charge is 2.60. The predicted molar refractivity (Wildman–Crippen MR) is 67.3 cm³/mol. The van der Waals surface area contributed by atoms with Crippen molar-refractivity contribution in [2.75, 3.05) is 0 Å². The van der Waals surface area contributed by atoms with E-state index in [0.29, 0.717) is 25.7 Å². The number of likely N-dealkylation sites (tertiary alicyclic amines) is 1. The van der Waals surface area contributed by atoms with Gasteiger partial charge >= 0.3 is 6.09 Å². The molecule has 6 heteroatoms. The summed E-state index contributed by atoms with van der Waals surface area (Å²) in [6, 6.07) is -0.737. The predicted octanol–water partition coefficient (Wildman–Crippen LogP) is 0.973. The molecular formula is C13H20N2O4. The highest BCUT2D eigenvalue weighted by atomic mass is 16.6. The van der Waals surface area contributed by atoms with E-state index < -0.39 is 29.2 Å². The van der Waals surface area contributed by atoms with Gasteiger partial charge in [-0.05, 0) is 40.0 Å². The molecule has 2 N–H and O–H groups in total. The number of hydrogen-bond acceptors (Lipinski definition) is 4. The zero-order valence-corrected chi connectivity index (χ0v) is 11.6. The summed E-state index contributed by atoms with van der Waals surface area (Å²) in [5.74, 6) is -0.579. The fraction of sp³-hybridized carbons (Fsp3) is 0.769. The average molecular weight is 268 g/mol. The summed E-state index contributed by atoms with van der Waals surface area (Å²) < 4.78 is 5.31. The summed E-state index contributed by atoms with van der Waals surface area (Å²) in [6.45, 7) is 5.24. The quantitative estimate of drug-likeness (QED) is 0.767. The van der Waals surface area contributed by atoms with Gasteiger partial charge in [0.25, 0.3) is 0 Å². The van der Waals surface area contributed by atoms with E-state index in [0.717, 1.165) is 0 Å². The van der Waals surface area contributed by atoms with Crippen LogP contribution in [0.3, 0.4) is 0 Å². The fourth-order valence-electron chi connectivity index (χ4n) is 2.84. The second-order valence-electron chi connectivity index (χ2n) is 6.26. The van der Waals surface area contributed by atoms with E-state index in [1.807, 2.05) is 0 Å². The summed E-state index contributed by atoms with van der Waals surface area (Å²) in [7, 11) is 0. The molecule has 1 heterocycles. The van der Waals surface area contributed by atoms with Crippen molar-refractivity contribution in [1.29, 1.82) is 0 Å². The summed E-state index contributed by atoms with van der Waals surface area (Å²) in [5, 5.41) is 0. The molecule has 0 radical (unpaired) electrons. The molecular weight excluding hydrogens is 248 g/mol. The molecule has 0 aromatic rings. The lowest BCUT2D eigenvalue weighted by atomic mass is 9.73. The van der Waals surface area contributed by atoms with E-state index in [4.69, 9.17) is 10.5 Å². The van der Waals surface area contributed by atoms with Gasteiger partial charge < -0.3 is 10.5 Å². The first kappa shape index (κ1) is 13.8. The van der Waals surface area contributed by atoms with E-state index in [-0.39, 0.29) is 5.78 Å². The molecule has 2 unspecified atom stereocenters. The minimum Gasteiger partial charge on any atom is -0.444 e. The van der Waals surface area contributed by atoms with Crippen LogP contribution >= 0.6 is 0 Å². The smallest absolute Gasteiger partial charge is 0.411 e. The molecule has 2 fully saturated rings. The summed E-state index contributed by atoms with van der Waals surface area (Å²) in [6.07, 6.45) is 1.35. The van der Waals surface area contributed by atoms with Crippen LogP contribution in [0.4, 0.5) is 4.79 Å². The number of rotatable bonds is 1. The van der Waals surface area contributed by atoms with E-state index in [9.17, 15) is 14.4 Å². The fourth-order valence-corrected chi connectivity index (χ4v) is 2.84. The minimum atomic E-state index is -0.845. The normalized spacial score (nSPS) is 30.4. The summed E-state index contributed by atoms with van der Waals surface area (Å²) in [5.41, 5.74) is 3.82. The topological polar surface area (TPSA) is 89.7 Å². The third kappa shape index (κ3) is 2.19. The van der Waals surface area contributed by atoms with Gasteiger partial charge in [-0.1, -0.05) is 0 Å². The molecule has 0 aromatic carbocycles. The Morgan fingerprint density at radius 3 is 2.37 bits per heavy atom. The Morgan fingerprint density at radius 1 is 1.37 bits per heavy atom. The number of ether oxygens (including phenoxy) is 1. The Hall–Kier alpha value is -1.59. The number of nitrogens with zero attached hydrogens (tertiary/aromatic N) is 1. The molecule has 106 valence electrons. The molecule has 0 bridgehead atoms. The number of ketones is 1. The van der Waals surface area contributed by atoms with Crippen LogP contribution in [0.25, 0.3) is 0 Å². The molecule has 2 amide bonds. The van der Waals surface area contributed by atoms with E-state index in [1.54, 1.807) is 20.8 Å². The monoisotopic (exact) mass is 268 g/mol. The SMILES string of the molecule is CC(C)(C)OC(=O)N1C(C(N)=O)CCC12CCC2=O. The Labute approximate surface area is 112 Å². The van der Waals surface area contributed by atoms with E-state index >= 15 is 0 Å². The van der Waals surface area contributed by atoms with Gasteiger partial charge in [0.2, 0.25) is 5.91 Å². The maximum absolute atomic E-state index is 12.3. The number of nitrogens with two attached hydrogens (primary N) is 1. The van der Waals surface area contributed by atoms with Crippen LogP contribution in [0.2, 0.25) is 0 Å². The van der Waals surface area contributed by atoms with Crippen LogP contribution in [0.15, 0.2) is 0 Å². The lowest BCUT2D eigenvalue weighted by Crippen LogP contribution is -2.63. The van der Waals surface area contributed by atoms with Gasteiger partial charge in [-0.3, -0.25) is 14.5 Å². The molecule has 1 spiro atoms. The lowest BCUT2D eigenvalue weighted by molar-refractivity contribution is -0.141. The van der Waals surface area contributed by atoms with Gasteiger partial charge in [0.05, 0.1) is 0 Å². The van der Waals surface area contributed by atoms with Crippen LogP contribution in [-0.4, -0.2) is 39.9 Å². The number of hydrogen-bond donors (Lipinski definition) is 1. The maximum atomic E-state index is 12.3. The number of Topliss-reactive ketones (excluding diaryl/α,β-unsaturated/α-hetero) is 1. The summed E-state index contributed by atoms with van der Waals surface area (Å²) >= 11 is 0. The first-order chi connectivity index (χ1) is 8.67. The molecule has 6 nitrogen and oxygen atoms in total. The van der Waals surface area contributed by atoms with Crippen LogP contribution < -0.4 is 5.73 Å². The van der Waals surface area contributed by atoms with Gasteiger partial charge in [-0.15, -0.1) is 0 Å². The van der Waals surface area contributed by atoms with Crippen molar-refractivity contribution < 1.29 is 19.1 Å². The van der Waals surface area contributed by atoms with Crippen LogP contribution in [0.5, 0.6) is 0 Å². The Kier molecular flexibility index (Phi) is 3.07. The molecule has 2 rings (SSSR count). The molecule has 19 heavy (non-hydrogen) atoms. The highest BCUT2D eigenvalue weighted by Crippen LogP contribution is 2.46. The standard InChI is InChI=1S/C13H20N2O4/c1-12(2,3)19-11(18)15-8(10(14)17)4-6-13(15)7-5-9(13)16/h8H,4-7H2,1-3H3,(H2,14,17). The Balaban J connectivity index is 2.27. The first-order valence-corrected chi connectivity index (χ1v) is 6.52. The number of carbonyl (C=O) groups is 3. The molecule has 1 saturated carbocycles. The van der Waals surface area contributed by atoms with Gasteiger partial charge in [-0.25, -0.2) is 4.79 Å². The molecule has 2 aliphatic rings. The molecule has 0 aromatic heterocycles. The lowest BCUT2D eigenvalue weighted by Gasteiger charge is -2.45. The van der Waals surface area contributed by atoms with Gasteiger partial charge in [-0.2, -0.15) is 0 Å². The van der Waals surface area contributed by atoms with Crippen LogP contribution in [-0.2, 0) is 14.3 Å². The Bertz CT molecular complexity index is 440. The molecule has 1 aliphatic carbocycles. The number of carbonyl (C=O) groups excluding carboxylic acids is 3. The van der Waals surface area contributed by atoms with Crippen molar-refractivity contribution >= 4 is 17.8 Å². The number of primary amides is 1. The summed E-state index contributed by atoms with van der Waals surface area (Å²) in [4.78, 5) is 36.9. The van der Waals surface area contributed by atoms with Crippen LogP contribution in [0, 0.1) is 0 Å². The molecule has 1 aliphatic heterocycles. The zero-order valence-electron chi connectivity index (χ0n) is 11.6. The second kappa shape index (κ2) is 4.21. The highest BCUT2D eigenvalue weighted by molar-refractivity contribution is 5.99. The Morgan fingerprint density at radius 2 is 2.00 bits per heavy atom. The molecule has 2 atom stereocenters. The van der Waals surface area contributed by atoms with Crippen molar-refractivity contribution in [3.05, 3.63) is 0 Å². The van der Waals surface area contributed by atoms with Crippen molar-refractivity contribution in [3.8, 4) is 0 Å². The van der Waals surface area contributed by atoms with Crippen molar-refractivity contribution in [2.24, 2.45) is 5.73 Å². The third-order valence-corrected chi connectivity index (χ3v) is 3.81. The van der Waals surface area contributed by atoms with Gasteiger partial charge in [0.15, 0.2) is 5.78 Å². The van der Waals surface area contributed by atoms with Gasteiger partial charge in [0, 0.05) is 6.42 Å². The van der Waals surface area contributed by atoms with Crippen molar-refractivity contribution in [2.45, 2.75) is 63.6 Å². The van der Waals surface area contributed by atoms with E-state index in [2.05, 4.69) is 0 Å². The van der Waals surface area contributed by atoms with Gasteiger partial charge in [0.1, 0.15) is 17.2 Å². The van der Waals surface area contributed by atoms with Crippen molar-refractivity contribution in [1.82, 2.24) is 4.90 Å². The van der Waals surface area contributed by atoms with E-state index in [1.165, 1.54) is 4.90 Å². The minimum absolute atomic E-state index is 0.00195. The average Bonchev–Trinajstić information content (AvgIpc) is 2.67. The largest absolute Gasteiger partial charge is 0.444 e. The van der Waals surface area contributed by atoms with Crippen molar-refractivity contribution in [3.63, 3.8) is 0 Å². The third-order valence-electron chi connectivity index (χ3n) is 3.81. The van der Waals surface area contributed by atoms with Crippen LogP contribution in [0.1, 0.15) is 46.5 Å². The zero-order chi connectivity index (χ0) is 14.4.